The van der Waals surface area contributed by atoms with Crippen LogP contribution in [0, 0.1) is 5.92 Å². The summed E-state index contributed by atoms with van der Waals surface area (Å²) >= 11 is 0. The van der Waals surface area contributed by atoms with Gasteiger partial charge in [0, 0.05) is 11.7 Å². The summed E-state index contributed by atoms with van der Waals surface area (Å²) in [7, 11) is 0. The van der Waals surface area contributed by atoms with Crippen molar-refractivity contribution >= 4 is 5.69 Å². The van der Waals surface area contributed by atoms with E-state index in [4.69, 9.17) is 0 Å². The summed E-state index contributed by atoms with van der Waals surface area (Å²) in [5.41, 5.74) is 2.78. The summed E-state index contributed by atoms with van der Waals surface area (Å²) in [6.07, 6.45) is 9.25. The van der Waals surface area contributed by atoms with E-state index in [1.807, 2.05) is 0 Å². The zero-order valence-electron chi connectivity index (χ0n) is 11.9. The Labute approximate surface area is 112 Å². The molecule has 0 aromatic heterocycles. The van der Waals surface area contributed by atoms with Gasteiger partial charge in [-0.25, -0.2) is 0 Å². The first-order valence-corrected chi connectivity index (χ1v) is 7.63. The molecule has 1 N–H and O–H groups in total. The third-order valence-corrected chi connectivity index (χ3v) is 4.09. The highest BCUT2D eigenvalue weighted by atomic mass is 14.9. The van der Waals surface area contributed by atoms with Crippen LogP contribution in [0.25, 0.3) is 0 Å². The Morgan fingerprint density at radius 2 is 1.89 bits per heavy atom. The zero-order chi connectivity index (χ0) is 12.8. The number of nitrogens with one attached hydrogen (secondary N) is 1. The zero-order valence-corrected chi connectivity index (χ0v) is 11.9. The molecule has 1 nitrogen and oxygen atoms in total. The molecule has 1 fully saturated rings. The Bertz CT molecular complexity index is 341. The molecule has 2 unspecified atom stereocenters. The maximum Gasteiger partial charge on any atom is 0.0342 e. The lowest BCUT2D eigenvalue weighted by Gasteiger charge is -2.14. The summed E-state index contributed by atoms with van der Waals surface area (Å²) in [6, 6.07) is 9.78. The van der Waals surface area contributed by atoms with Gasteiger partial charge >= 0.3 is 0 Å². The van der Waals surface area contributed by atoms with Crippen LogP contribution in [0.3, 0.4) is 0 Å². The first-order valence-electron chi connectivity index (χ1n) is 7.63. The van der Waals surface area contributed by atoms with Gasteiger partial charge in [0.25, 0.3) is 0 Å². The molecule has 0 amide bonds. The minimum absolute atomic E-state index is 0.700. The highest BCUT2D eigenvalue weighted by Gasteiger charge is 2.20. The molecule has 0 heterocycles. The Hall–Kier alpha value is -0.980. The summed E-state index contributed by atoms with van der Waals surface area (Å²) in [6.45, 7) is 4.62. The van der Waals surface area contributed by atoms with Crippen LogP contribution in [0.5, 0.6) is 0 Å². The Morgan fingerprint density at radius 1 is 1.11 bits per heavy atom. The molecule has 1 aliphatic rings. The van der Waals surface area contributed by atoms with Gasteiger partial charge in [0.2, 0.25) is 0 Å². The second kappa shape index (κ2) is 6.82. The number of benzene rings is 1. The van der Waals surface area contributed by atoms with E-state index in [2.05, 4.69) is 43.4 Å². The first kappa shape index (κ1) is 13.5. The average Bonchev–Trinajstić information content (AvgIpc) is 2.77. The minimum Gasteiger partial charge on any atom is -0.382 e. The monoisotopic (exact) mass is 245 g/mol. The van der Waals surface area contributed by atoms with E-state index < -0.39 is 0 Å². The second-order valence-corrected chi connectivity index (χ2v) is 5.91. The van der Waals surface area contributed by atoms with Crippen LogP contribution in [-0.2, 0) is 6.42 Å². The van der Waals surface area contributed by atoms with Crippen molar-refractivity contribution in [2.75, 3.05) is 5.32 Å². The van der Waals surface area contributed by atoms with Crippen LogP contribution in [0.15, 0.2) is 24.3 Å². The third-order valence-electron chi connectivity index (χ3n) is 4.09. The van der Waals surface area contributed by atoms with Crippen molar-refractivity contribution in [3.8, 4) is 0 Å². The molecule has 1 heteroatoms. The molecule has 100 valence electrons. The van der Waals surface area contributed by atoms with Crippen LogP contribution in [0.2, 0.25) is 0 Å². The maximum atomic E-state index is 3.67. The van der Waals surface area contributed by atoms with E-state index in [1.54, 1.807) is 0 Å². The van der Waals surface area contributed by atoms with Crippen molar-refractivity contribution in [2.45, 2.75) is 64.8 Å². The molecule has 0 bridgehead atoms. The standard InChI is InChI=1S/C17H27N/c1-3-4-5-6-15-8-11-16(12-9-15)18-17-10-7-14(2)13-17/h8-9,11-12,14,17-18H,3-7,10,13H2,1-2H3. The van der Waals surface area contributed by atoms with Crippen molar-refractivity contribution in [3.05, 3.63) is 29.8 Å². The summed E-state index contributed by atoms with van der Waals surface area (Å²) in [5.74, 6) is 0.899. The summed E-state index contributed by atoms with van der Waals surface area (Å²) in [4.78, 5) is 0. The number of aryl methyl sites for hydroxylation is 1. The van der Waals surface area contributed by atoms with Crippen molar-refractivity contribution in [2.24, 2.45) is 5.92 Å². The maximum absolute atomic E-state index is 3.67. The highest BCUT2D eigenvalue weighted by Crippen LogP contribution is 2.27. The SMILES string of the molecule is CCCCCc1ccc(NC2CCC(C)C2)cc1. The normalized spacial score (nSPS) is 23.2. The van der Waals surface area contributed by atoms with Gasteiger partial charge in [0.05, 0.1) is 0 Å². The van der Waals surface area contributed by atoms with Crippen molar-refractivity contribution in [1.29, 1.82) is 0 Å². The van der Waals surface area contributed by atoms with Crippen molar-refractivity contribution in [3.63, 3.8) is 0 Å². The molecule has 1 saturated carbocycles. The molecule has 1 aliphatic carbocycles. The molecule has 18 heavy (non-hydrogen) atoms. The predicted octanol–water partition coefficient (Wildman–Crippen LogP) is 5.02. The minimum atomic E-state index is 0.700. The molecule has 0 saturated heterocycles. The van der Waals surface area contributed by atoms with Crippen molar-refractivity contribution in [1.82, 2.24) is 0 Å². The number of unbranched alkanes of at least 4 members (excludes halogenated alkanes) is 2. The van der Waals surface area contributed by atoms with Crippen LogP contribution < -0.4 is 5.32 Å². The Kier molecular flexibility index (Phi) is 5.10. The molecule has 0 spiro atoms. The van der Waals surface area contributed by atoms with E-state index >= 15 is 0 Å². The average molecular weight is 245 g/mol. The lowest BCUT2D eigenvalue weighted by Crippen LogP contribution is -2.15. The Balaban J connectivity index is 1.80. The van der Waals surface area contributed by atoms with Crippen LogP contribution >= 0.6 is 0 Å². The largest absolute Gasteiger partial charge is 0.382 e. The van der Waals surface area contributed by atoms with Gasteiger partial charge in [-0.1, -0.05) is 38.8 Å². The van der Waals surface area contributed by atoms with Gasteiger partial charge < -0.3 is 5.32 Å². The van der Waals surface area contributed by atoms with E-state index in [0.717, 1.165) is 5.92 Å². The number of hydrogen-bond acceptors (Lipinski definition) is 1. The molecule has 0 radical (unpaired) electrons. The fourth-order valence-electron chi connectivity index (χ4n) is 2.92. The topological polar surface area (TPSA) is 12.0 Å². The fourth-order valence-corrected chi connectivity index (χ4v) is 2.92. The molecule has 1 aromatic rings. The second-order valence-electron chi connectivity index (χ2n) is 5.91. The first-order chi connectivity index (χ1) is 8.78. The van der Waals surface area contributed by atoms with Crippen LogP contribution in [0.1, 0.15) is 57.9 Å². The van der Waals surface area contributed by atoms with E-state index in [0.29, 0.717) is 6.04 Å². The van der Waals surface area contributed by atoms with Gasteiger partial charge in [0.1, 0.15) is 0 Å². The van der Waals surface area contributed by atoms with Gasteiger partial charge in [0.15, 0.2) is 0 Å². The lowest BCUT2D eigenvalue weighted by molar-refractivity contribution is 0.602. The van der Waals surface area contributed by atoms with Crippen molar-refractivity contribution < 1.29 is 0 Å². The number of anilines is 1. The highest BCUT2D eigenvalue weighted by molar-refractivity contribution is 5.45. The van der Waals surface area contributed by atoms with E-state index in [9.17, 15) is 0 Å². The summed E-state index contributed by atoms with van der Waals surface area (Å²) < 4.78 is 0. The lowest BCUT2D eigenvalue weighted by atomic mass is 10.1. The molecular weight excluding hydrogens is 218 g/mol. The van der Waals surface area contributed by atoms with Crippen LogP contribution in [0.4, 0.5) is 5.69 Å². The molecule has 2 atom stereocenters. The van der Waals surface area contributed by atoms with Gasteiger partial charge in [-0.3, -0.25) is 0 Å². The number of rotatable bonds is 6. The molecule has 0 aliphatic heterocycles. The van der Waals surface area contributed by atoms with Gasteiger partial charge in [-0.05, 0) is 55.7 Å². The van der Waals surface area contributed by atoms with Gasteiger partial charge in [-0.15, -0.1) is 0 Å². The fraction of sp³-hybridized carbons (Fsp3) is 0.647. The predicted molar refractivity (Wildman–Crippen MR) is 80.1 cm³/mol. The van der Waals surface area contributed by atoms with E-state index in [-0.39, 0.29) is 0 Å². The Morgan fingerprint density at radius 3 is 2.50 bits per heavy atom. The smallest absolute Gasteiger partial charge is 0.0342 e. The molecule has 2 rings (SSSR count). The quantitative estimate of drug-likeness (QED) is 0.694. The van der Waals surface area contributed by atoms with Gasteiger partial charge in [-0.2, -0.15) is 0 Å². The van der Waals surface area contributed by atoms with Crippen LogP contribution in [-0.4, -0.2) is 6.04 Å². The molecule has 1 aromatic carbocycles. The number of hydrogen-bond donors (Lipinski definition) is 1. The molecular formula is C17H27N. The third kappa shape index (κ3) is 4.04. The summed E-state index contributed by atoms with van der Waals surface area (Å²) in [5, 5.41) is 3.67. The van der Waals surface area contributed by atoms with E-state index in [1.165, 1.54) is 56.2 Å².